The number of pyridine rings is 1. The number of carbonyl (C=O) groups is 1. The number of likely N-dealkylation sites (tertiary alicyclic amines) is 1. The van der Waals surface area contributed by atoms with Crippen LogP contribution in [0.2, 0.25) is 0 Å². The lowest BCUT2D eigenvalue weighted by molar-refractivity contribution is -0.129. The van der Waals surface area contributed by atoms with Crippen LogP contribution in [0.15, 0.2) is 47.8 Å². The number of thioether (sulfide) groups is 1. The van der Waals surface area contributed by atoms with Crippen molar-refractivity contribution in [3.05, 3.63) is 48.4 Å². The van der Waals surface area contributed by atoms with Crippen LogP contribution in [0.1, 0.15) is 19.3 Å². The molecule has 2 aromatic heterocycles. The Kier molecular flexibility index (Phi) is 4.88. The molecule has 4 rings (SSSR count). The molecular weight excluding hydrogens is 351 g/mol. The smallest absolute Gasteiger partial charge is 0.233 e. The molecule has 1 aliphatic rings. The van der Waals surface area contributed by atoms with Gasteiger partial charge in [0.05, 0.1) is 5.75 Å². The van der Waals surface area contributed by atoms with Crippen molar-refractivity contribution in [2.45, 2.75) is 24.4 Å². The third-order valence-corrected chi connectivity index (χ3v) is 5.43. The maximum atomic E-state index is 13.3. The quantitative estimate of drug-likeness (QED) is 0.658. The summed E-state index contributed by atoms with van der Waals surface area (Å²) in [7, 11) is 0. The molecule has 1 aliphatic heterocycles. The number of imidazole rings is 1. The second-order valence-electron chi connectivity index (χ2n) is 6.28. The summed E-state index contributed by atoms with van der Waals surface area (Å²) >= 11 is 1.40. The van der Waals surface area contributed by atoms with Crippen molar-refractivity contribution < 1.29 is 9.18 Å². The van der Waals surface area contributed by atoms with E-state index in [2.05, 4.69) is 9.97 Å². The third-order valence-electron chi connectivity index (χ3n) is 4.50. The zero-order valence-electron chi connectivity index (χ0n) is 14.3. The van der Waals surface area contributed by atoms with Crippen LogP contribution in [0.4, 0.5) is 4.39 Å². The summed E-state index contributed by atoms with van der Waals surface area (Å²) in [5, 5.41) is 0.690. The minimum Gasteiger partial charge on any atom is -0.342 e. The molecule has 1 aromatic carbocycles. The molecule has 0 atom stereocenters. The molecule has 0 N–H and O–H groups in total. The van der Waals surface area contributed by atoms with Crippen LogP contribution in [0, 0.1) is 5.82 Å². The van der Waals surface area contributed by atoms with Crippen LogP contribution < -0.4 is 0 Å². The Hall–Kier alpha value is -2.41. The summed E-state index contributed by atoms with van der Waals surface area (Å²) in [6.07, 6.45) is 5.06. The SMILES string of the molecule is O=C(CSc1nc2cccnc2n1-c1ccc(F)cc1)N1CCCCC1. The highest BCUT2D eigenvalue weighted by atomic mass is 32.2. The van der Waals surface area contributed by atoms with Gasteiger partial charge >= 0.3 is 0 Å². The monoisotopic (exact) mass is 370 g/mol. The molecule has 0 bridgehead atoms. The van der Waals surface area contributed by atoms with E-state index in [0.717, 1.165) is 37.1 Å². The standard InChI is InChI=1S/C19H19FN4OS/c20-14-6-8-15(9-7-14)24-18-16(5-4-10-21-18)22-19(24)26-13-17(25)23-11-2-1-3-12-23/h4-10H,1-3,11-13H2. The van der Waals surface area contributed by atoms with Crippen LogP contribution in [0.5, 0.6) is 0 Å². The predicted octanol–water partition coefficient (Wildman–Crippen LogP) is 3.66. The molecule has 134 valence electrons. The topological polar surface area (TPSA) is 51.0 Å². The first-order chi connectivity index (χ1) is 12.7. The average Bonchev–Trinajstić information content (AvgIpc) is 3.06. The number of carbonyl (C=O) groups excluding carboxylic acids is 1. The number of aromatic nitrogens is 3. The molecule has 1 amide bonds. The van der Waals surface area contributed by atoms with Gasteiger partial charge in [0.2, 0.25) is 5.91 Å². The molecule has 7 heteroatoms. The van der Waals surface area contributed by atoms with E-state index >= 15 is 0 Å². The number of rotatable bonds is 4. The lowest BCUT2D eigenvalue weighted by atomic mass is 10.1. The van der Waals surface area contributed by atoms with Crippen LogP contribution in [-0.2, 0) is 4.79 Å². The Balaban J connectivity index is 1.62. The highest BCUT2D eigenvalue weighted by Crippen LogP contribution is 2.27. The molecule has 0 aliphatic carbocycles. The fourth-order valence-corrected chi connectivity index (χ4v) is 4.09. The molecule has 1 fully saturated rings. The third kappa shape index (κ3) is 3.44. The van der Waals surface area contributed by atoms with Crippen molar-refractivity contribution in [3.8, 4) is 5.69 Å². The number of piperidine rings is 1. The Morgan fingerprint density at radius 2 is 1.88 bits per heavy atom. The predicted molar refractivity (Wildman–Crippen MR) is 100.0 cm³/mol. The lowest BCUT2D eigenvalue weighted by Crippen LogP contribution is -2.36. The number of hydrogen-bond donors (Lipinski definition) is 0. The van der Waals surface area contributed by atoms with Gasteiger partial charge < -0.3 is 4.90 Å². The minimum atomic E-state index is -0.291. The molecule has 0 saturated carbocycles. The van der Waals surface area contributed by atoms with Gasteiger partial charge in [-0.25, -0.2) is 14.4 Å². The number of benzene rings is 1. The maximum Gasteiger partial charge on any atom is 0.233 e. The first-order valence-corrected chi connectivity index (χ1v) is 9.71. The summed E-state index contributed by atoms with van der Waals surface area (Å²) in [5.41, 5.74) is 2.23. The fraction of sp³-hybridized carbons (Fsp3) is 0.316. The van der Waals surface area contributed by atoms with Gasteiger partial charge in [-0.1, -0.05) is 11.8 Å². The van der Waals surface area contributed by atoms with E-state index in [-0.39, 0.29) is 11.7 Å². The summed E-state index contributed by atoms with van der Waals surface area (Å²) in [5.74, 6) is 0.186. The van der Waals surface area contributed by atoms with E-state index in [0.29, 0.717) is 16.6 Å². The summed E-state index contributed by atoms with van der Waals surface area (Å²) < 4.78 is 15.2. The molecule has 0 unspecified atom stereocenters. The van der Waals surface area contributed by atoms with Crippen LogP contribution in [0.3, 0.4) is 0 Å². The molecule has 26 heavy (non-hydrogen) atoms. The van der Waals surface area contributed by atoms with Gasteiger partial charge in [-0.05, 0) is 55.7 Å². The minimum absolute atomic E-state index is 0.139. The van der Waals surface area contributed by atoms with E-state index in [4.69, 9.17) is 0 Å². The number of nitrogens with zero attached hydrogens (tertiary/aromatic N) is 4. The van der Waals surface area contributed by atoms with E-state index in [9.17, 15) is 9.18 Å². The Labute approximate surface area is 155 Å². The van der Waals surface area contributed by atoms with E-state index in [1.807, 2.05) is 21.6 Å². The van der Waals surface area contributed by atoms with Crippen molar-refractivity contribution in [1.82, 2.24) is 19.4 Å². The van der Waals surface area contributed by atoms with Crippen LogP contribution in [-0.4, -0.2) is 44.2 Å². The second-order valence-corrected chi connectivity index (χ2v) is 7.22. The molecule has 3 heterocycles. The van der Waals surface area contributed by atoms with Gasteiger partial charge in [0.25, 0.3) is 0 Å². The lowest BCUT2D eigenvalue weighted by Gasteiger charge is -2.26. The molecule has 5 nitrogen and oxygen atoms in total. The van der Waals surface area contributed by atoms with Crippen LogP contribution in [0.25, 0.3) is 16.9 Å². The van der Waals surface area contributed by atoms with Crippen molar-refractivity contribution in [1.29, 1.82) is 0 Å². The van der Waals surface area contributed by atoms with Gasteiger partial charge in [0, 0.05) is 25.0 Å². The number of amides is 1. The molecule has 1 saturated heterocycles. The number of halogens is 1. The molecule has 0 radical (unpaired) electrons. The van der Waals surface area contributed by atoms with E-state index in [1.165, 1.54) is 30.3 Å². The first-order valence-electron chi connectivity index (χ1n) is 8.72. The van der Waals surface area contributed by atoms with E-state index < -0.39 is 0 Å². The van der Waals surface area contributed by atoms with Gasteiger partial charge in [-0.2, -0.15) is 0 Å². The van der Waals surface area contributed by atoms with Gasteiger partial charge in [0.1, 0.15) is 11.3 Å². The molecule has 0 spiro atoms. The van der Waals surface area contributed by atoms with Crippen molar-refractivity contribution in [2.75, 3.05) is 18.8 Å². The fourth-order valence-electron chi connectivity index (χ4n) is 3.17. The number of fused-ring (bicyclic) bond motifs is 1. The highest BCUT2D eigenvalue weighted by Gasteiger charge is 2.19. The van der Waals surface area contributed by atoms with E-state index in [1.54, 1.807) is 18.3 Å². The summed E-state index contributed by atoms with van der Waals surface area (Å²) in [4.78, 5) is 23.5. The zero-order valence-corrected chi connectivity index (χ0v) is 15.1. The first kappa shape index (κ1) is 17.0. The average molecular weight is 370 g/mol. The Bertz CT molecular complexity index is 919. The summed E-state index contributed by atoms with van der Waals surface area (Å²) in [6.45, 7) is 1.69. The molecular formula is C19H19FN4OS. The molecule has 3 aromatic rings. The van der Waals surface area contributed by atoms with Gasteiger partial charge in [-0.3, -0.25) is 9.36 Å². The second kappa shape index (κ2) is 7.45. The zero-order chi connectivity index (χ0) is 17.9. The van der Waals surface area contributed by atoms with Gasteiger partial charge in [-0.15, -0.1) is 0 Å². The Morgan fingerprint density at radius 1 is 1.12 bits per heavy atom. The largest absolute Gasteiger partial charge is 0.342 e. The van der Waals surface area contributed by atoms with Crippen molar-refractivity contribution in [2.24, 2.45) is 0 Å². The Morgan fingerprint density at radius 3 is 2.65 bits per heavy atom. The van der Waals surface area contributed by atoms with Crippen molar-refractivity contribution >= 4 is 28.8 Å². The highest BCUT2D eigenvalue weighted by molar-refractivity contribution is 7.99. The van der Waals surface area contributed by atoms with Crippen LogP contribution >= 0.6 is 11.8 Å². The maximum absolute atomic E-state index is 13.3. The number of hydrogen-bond acceptors (Lipinski definition) is 4. The normalized spacial score (nSPS) is 14.7. The van der Waals surface area contributed by atoms with Crippen molar-refractivity contribution in [3.63, 3.8) is 0 Å². The van der Waals surface area contributed by atoms with Gasteiger partial charge in [0.15, 0.2) is 10.8 Å². The summed E-state index contributed by atoms with van der Waals surface area (Å²) in [6, 6.07) is 9.94.